The molecule has 0 spiro atoms. The molecule has 0 saturated carbocycles. The largest absolute Gasteiger partial charge is 0.376 e. The van der Waals surface area contributed by atoms with E-state index in [1.54, 1.807) is 26.2 Å². The van der Waals surface area contributed by atoms with Crippen molar-refractivity contribution in [2.24, 2.45) is 0 Å². The van der Waals surface area contributed by atoms with Crippen molar-refractivity contribution >= 4 is 21.4 Å². The highest BCUT2D eigenvalue weighted by atomic mass is 32.2. The number of nitrogens with zero attached hydrogens (tertiary/aromatic N) is 1. The zero-order chi connectivity index (χ0) is 13.1. The van der Waals surface area contributed by atoms with Crippen molar-refractivity contribution in [2.45, 2.75) is 4.90 Å². The molecule has 5 nitrogen and oxygen atoms in total. The Bertz CT molecular complexity index is 492. The Morgan fingerprint density at radius 3 is 2.18 bits per heavy atom. The monoisotopic (exact) mass is 256 g/mol. The van der Waals surface area contributed by atoms with E-state index in [4.69, 9.17) is 0 Å². The Hall–Kier alpha value is -1.56. The number of likely N-dealkylation sites (N-methyl/N-ethyl adjacent to an activating group) is 1. The molecule has 6 heteroatoms. The first-order chi connectivity index (χ1) is 7.80. The van der Waals surface area contributed by atoms with Gasteiger partial charge in [-0.3, -0.25) is 4.79 Å². The summed E-state index contributed by atoms with van der Waals surface area (Å²) in [6.07, 6.45) is 1.16. The molecule has 0 bridgehead atoms. The van der Waals surface area contributed by atoms with Crippen LogP contribution in [0.15, 0.2) is 29.2 Å². The first-order valence-corrected chi connectivity index (χ1v) is 6.94. The number of hydrogen-bond donors (Lipinski definition) is 1. The van der Waals surface area contributed by atoms with E-state index >= 15 is 0 Å². The maximum atomic E-state index is 11.3. The van der Waals surface area contributed by atoms with Crippen molar-refractivity contribution in [1.82, 2.24) is 4.90 Å². The standard InChI is InChI=1S/C11H16N2O3S/c1-13(2)11(14)8-12-9-4-6-10(7-5-9)17(3,15)16/h4-7,12H,8H2,1-3H3. The van der Waals surface area contributed by atoms with Crippen LogP contribution in [-0.4, -0.2) is 46.1 Å². The van der Waals surface area contributed by atoms with E-state index < -0.39 is 9.84 Å². The molecule has 1 rings (SSSR count). The average Bonchev–Trinajstić information content (AvgIpc) is 2.25. The van der Waals surface area contributed by atoms with Crippen LogP contribution in [-0.2, 0) is 14.6 Å². The molecule has 1 aromatic carbocycles. The van der Waals surface area contributed by atoms with Crippen LogP contribution in [0.5, 0.6) is 0 Å². The van der Waals surface area contributed by atoms with Gasteiger partial charge in [0.15, 0.2) is 9.84 Å². The molecule has 1 amide bonds. The van der Waals surface area contributed by atoms with E-state index in [9.17, 15) is 13.2 Å². The van der Waals surface area contributed by atoms with Gasteiger partial charge in [0, 0.05) is 26.0 Å². The number of carbonyl (C=O) groups excluding carboxylic acids is 1. The van der Waals surface area contributed by atoms with E-state index in [0.717, 1.165) is 6.26 Å². The van der Waals surface area contributed by atoms with E-state index in [1.807, 2.05) is 0 Å². The van der Waals surface area contributed by atoms with Crippen molar-refractivity contribution in [3.05, 3.63) is 24.3 Å². The number of carbonyl (C=O) groups is 1. The molecular weight excluding hydrogens is 240 g/mol. The third kappa shape index (κ3) is 4.07. The number of anilines is 1. The van der Waals surface area contributed by atoms with Crippen LogP contribution in [0.2, 0.25) is 0 Å². The highest BCUT2D eigenvalue weighted by molar-refractivity contribution is 7.90. The van der Waals surface area contributed by atoms with E-state index in [0.29, 0.717) is 5.69 Å². The molecule has 1 N–H and O–H groups in total. The molecule has 0 saturated heterocycles. The highest BCUT2D eigenvalue weighted by Crippen LogP contribution is 2.13. The van der Waals surface area contributed by atoms with Crippen LogP contribution in [0.3, 0.4) is 0 Å². The zero-order valence-corrected chi connectivity index (χ0v) is 10.9. The van der Waals surface area contributed by atoms with Gasteiger partial charge in [0.25, 0.3) is 0 Å². The topological polar surface area (TPSA) is 66.5 Å². The molecule has 0 aliphatic rings. The van der Waals surface area contributed by atoms with E-state index in [2.05, 4.69) is 5.32 Å². The molecule has 0 unspecified atom stereocenters. The molecular formula is C11H16N2O3S. The van der Waals surface area contributed by atoms with Crippen molar-refractivity contribution < 1.29 is 13.2 Å². The highest BCUT2D eigenvalue weighted by Gasteiger charge is 2.07. The number of rotatable bonds is 4. The van der Waals surface area contributed by atoms with Gasteiger partial charge < -0.3 is 10.2 Å². The van der Waals surface area contributed by atoms with Gasteiger partial charge in [-0.15, -0.1) is 0 Å². The molecule has 0 atom stereocenters. The fourth-order valence-corrected chi connectivity index (χ4v) is 1.79. The lowest BCUT2D eigenvalue weighted by Crippen LogP contribution is -2.28. The summed E-state index contributed by atoms with van der Waals surface area (Å²) in [4.78, 5) is 13.1. The lowest BCUT2D eigenvalue weighted by Gasteiger charge is -2.11. The molecule has 0 aliphatic heterocycles. The molecule has 0 aromatic heterocycles. The van der Waals surface area contributed by atoms with E-state index in [1.165, 1.54) is 17.0 Å². The number of amides is 1. The number of sulfone groups is 1. The Morgan fingerprint density at radius 2 is 1.76 bits per heavy atom. The lowest BCUT2D eigenvalue weighted by atomic mass is 10.3. The van der Waals surface area contributed by atoms with Gasteiger partial charge in [-0.2, -0.15) is 0 Å². The zero-order valence-electron chi connectivity index (χ0n) is 10.1. The molecule has 0 heterocycles. The van der Waals surface area contributed by atoms with Crippen molar-refractivity contribution in [3.63, 3.8) is 0 Å². The summed E-state index contributed by atoms with van der Waals surface area (Å²) >= 11 is 0. The minimum absolute atomic E-state index is 0.0443. The van der Waals surface area contributed by atoms with Gasteiger partial charge >= 0.3 is 0 Å². The summed E-state index contributed by atoms with van der Waals surface area (Å²) in [6.45, 7) is 0.186. The van der Waals surface area contributed by atoms with Crippen LogP contribution in [0, 0.1) is 0 Å². The molecule has 0 radical (unpaired) electrons. The number of hydrogen-bond acceptors (Lipinski definition) is 4. The maximum Gasteiger partial charge on any atom is 0.241 e. The first-order valence-electron chi connectivity index (χ1n) is 5.05. The van der Waals surface area contributed by atoms with Crippen LogP contribution in [0.1, 0.15) is 0 Å². The summed E-state index contributed by atoms with van der Waals surface area (Å²) in [5.41, 5.74) is 0.715. The second-order valence-electron chi connectivity index (χ2n) is 3.94. The lowest BCUT2D eigenvalue weighted by molar-refractivity contribution is -0.126. The van der Waals surface area contributed by atoms with Gasteiger partial charge in [0.1, 0.15) is 0 Å². The van der Waals surface area contributed by atoms with Crippen LogP contribution in [0.4, 0.5) is 5.69 Å². The SMILES string of the molecule is CN(C)C(=O)CNc1ccc(S(C)(=O)=O)cc1. The number of nitrogens with one attached hydrogen (secondary N) is 1. The summed E-state index contributed by atoms with van der Waals surface area (Å²) in [5.74, 6) is -0.0443. The Balaban J connectivity index is 2.67. The van der Waals surface area contributed by atoms with Gasteiger partial charge in [-0.05, 0) is 24.3 Å². The van der Waals surface area contributed by atoms with Crippen molar-refractivity contribution in [2.75, 3.05) is 32.2 Å². The molecule has 94 valence electrons. The van der Waals surface area contributed by atoms with Gasteiger partial charge in [-0.25, -0.2) is 8.42 Å². The minimum Gasteiger partial charge on any atom is -0.376 e. The summed E-state index contributed by atoms with van der Waals surface area (Å²) in [7, 11) is 0.187. The normalized spacial score (nSPS) is 11.0. The predicted octanol–water partition coefficient (Wildman–Crippen LogP) is 0.590. The summed E-state index contributed by atoms with van der Waals surface area (Å²) < 4.78 is 22.4. The van der Waals surface area contributed by atoms with Crippen molar-refractivity contribution in [3.8, 4) is 0 Å². The fourth-order valence-electron chi connectivity index (χ4n) is 1.16. The predicted molar refractivity (Wildman–Crippen MR) is 66.7 cm³/mol. The van der Waals surface area contributed by atoms with Gasteiger partial charge in [-0.1, -0.05) is 0 Å². The minimum atomic E-state index is -3.17. The fraction of sp³-hybridized carbons (Fsp3) is 0.364. The maximum absolute atomic E-state index is 11.3. The second-order valence-corrected chi connectivity index (χ2v) is 5.95. The second kappa shape index (κ2) is 5.18. The number of benzene rings is 1. The third-order valence-corrected chi connectivity index (χ3v) is 3.35. The summed E-state index contributed by atoms with van der Waals surface area (Å²) in [6, 6.07) is 6.30. The molecule has 17 heavy (non-hydrogen) atoms. The first kappa shape index (κ1) is 13.5. The van der Waals surface area contributed by atoms with E-state index in [-0.39, 0.29) is 17.3 Å². The van der Waals surface area contributed by atoms with Crippen LogP contribution in [0.25, 0.3) is 0 Å². The van der Waals surface area contributed by atoms with Crippen LogP contribution < -0.4 is 5.32 Å². The molecule has 1 aromatic rings. The summed E-state index contributed by atoms with van der Waals surface area (Å²) in [5, 5.41) is 2.92. The Morgan fingerprint density at radius 1 is 1.24 bits per heavy atom. The Kier molecular flexibility index (Phi) is 4.11. The average molecular weight is 256 g/mol. The molecule has 0 aliphatic carbocycles. The third-order valence-electron chi connectivity index (χ3n) is 2.23. The quantitative estimate of drug-likeness (QED) is 0.856. The molecule has 0 fully saturated rings. The van der Waals surface area contributed by atoms with Crippen LogP contribution >= 0.6 is 0 Å². The Labute approximate surface area is 101 Å². The van der Waals surface area contributed by atoms with Crippen molar-refractivity contribution in [1.29, 1.82) is 0 Å². The van der Waals surface area contributed by atoms with Gasteiger partial charge in [0.2, 0.25) is 5.91 Å². The smallest absolute Gasteiger partial charge is 0.241 e. The van der Waals surface area contributed by atoms with Gasteiger partial charge in [0.05, 0.1) is 11.4 Å².